The molecule has 1 aromatic rings. The molecule has 0 radical (unpaired) electrons. The molecule has 7 heteroatoms. The molecule has 4 nitrogen and oxygen atoms in total. The van der Waals surface area contributed by atoms with Gasteiger partial charge in [0.2, 0.25) is 10.0 Å². The SMILES string of the molecule is O=S(=O)(NC1CCN(Cc2c(F)cccc2Cl)CC1)C1CC1. The minimum absolute atomic E-state index is 0.00191. The highest BCUT2D eigenvalue weighted by Crippen LogP contribution is 2.28. The van der Waals surface area contributed by atoms with Crippen molar-refractivity contribution in [3.05, 3.63) is 34.6 Å². The summed E-state index contributed by atoms with van der Waals surface area (Å²) in [6.45, 7) is 1.94. The van der Waals surface area contributed by atoms with Gasteiger partial charge in [-0.15, -0.1) is 0 Å². The van der Waals surface area contributed by atoms with Crippen LogP contribution in [0.15, 0.2) is 18.2 Å². The van der Waals surface area contributed by atoms with E-state index in [1.807, 2.05) is 0 Å². The Morgan fingerprint density at radius 1 is 1.23 bits per heavy atom. The van der Waals surface area contributed by atoms with Crippen molar-refractivity contribution in [1.82, 2.24) is 9.62 Å². The van der Waals surface area contributed by atoms with E-state index >= 15 is 0 Å². The van der Waals surface area contributed by atoms with Crippen LogP contribution in [0.4, 0.5) is 4.39 Å². The molecule has 3 rings (SSSR count). The third kappa shape index (κ3) is 3.79. The number of piperidine rings is 1. The summed E-state index contributed by atoms with van der Waals surface area (Å²) in [5, 5.41) is 0.263. The van der Waals surface area contributed by atoms with Gasteiger partial charge in [-0.2, -0.15) is 0 Å². The maximum absolute atomic E-state index is 13.8. The van der Waals surface area contributed by atoms with Gasteiger partial charge in [0, 0.05) is 36.3 Å². The fourth-order valence-corrected chi connectivity index (χ4v) is 4.70. The molecule has 0 aromatic heterocycles. The lowest BCUT2D eigenvalue weighted by Gasteiger charge is -2.32. The van der Waals surface area contributed by atoms with Crippen molar-refractivity contribution in [1.29, 1.82) is 0 Å². The molecule has 0 atom stereocenters. The van der Waals surface area contributed by atoms with Crippen LogP contribution in [0, 0.1) is 5.82 Å². The first-order valence-electron chi connectivity index (χ1n) is 7.62. The minimum Gasteiger partial charge on any atom is -0.299 e. The lowest BCUT2D eigenvalue weighted by atomic mass is 10.1. The molecule has 122 valence electrons. The Labute approximate surface area is 135 Å². The first-order chi connectivity index (χ1) is 10.5. The number of rotatable bonds is 5. The van der Waals surface area contributed by atoms with E-state index in [4.69, 9.17) is 11.6 Å². The van der Waals surface area contributed by atoms with Gasteiger partial charge in [0.15, 0.2) is 0 Å². The summed E-state index contributed by atoms with van der Waals surface area (Å²) in [6.07, 6.45) is 3.05. The number of nitrogens with zero attached hydrogens (tertiary/aromatic N) is 1. The van der Waals surface area contributed by atoms with E-state index in [-0.39, 0.29) is 17.1 Å². The van der Waals surface area contributed by atoms with Crippen LogP contribution < -0.4 is 4.72 Å². The van der Waals surface area contributed by atoms with Gasteiger partial charge in [-0.25, -0.2) is 17.5 Å². The van der Waals surface area contributed by atoms with Crippen LogP contribution in [0.5, 0.6) is 0 Å². The van der Waals surface area contributed by atoms with Gasteiger partial charge in [0.25, 0.3) is 0 Å². The number of benzene rings is 1. The largest absolute Gasteiger partial charge is 0.299 e. The molecule has 1 heterocycles. The number of likely N-dealkylation sites (tertiary alicyclic amines) is 1. The number of hydrogen-bond donors (Lipinski definition) is 1. The van der Waals surface area contributed by atoms with Crippen molar-refractivity contribution < 1.29 is 12.8 Å². The number of halogens is 2. The molecule has 1 saturated carbocycles. The van der Waals surface area contributed by atoms with E-state index in [0.717, 1.165) is 38.8 Å². The Morgan fingerprint density at radius 2 is 1.91 bits per heavy atom. The van der Waals surface area contributed by atoms with Gasteiger partial charge in [-0.3, -0.25) is 4.90 Å². The van der Waals surface area contributed by atoms with Gasteiger partial charge < -0.3 is 0 Å². The lowest BCUT2D eigenvalue weighted by molar-refractivity contribution is 0.198. The third-order valence-corrected chi connectivity index (χ3v) is 6.69. The number of hydrogen-bond acceptors (Lipinski definition) is 3. The predicted octanol–water partition coefficient (Wildman–Crippen LogP) is 2.53. The lowest BCUT2D eigenvalue weighted by Crippen LogP contribution is -2.45. The van der Waals surface area contributed by atoms with Crippen LogP contribution in [0.25, 0.3) is 0 Å². The summed E-state index contributed by atoms with van der Waals surface area (Å²) < 4.78 is 40.5. The smallest absolute Gasteiger partial charge is 0.214 e. The number of sulfonamides is 1. The molecule has 1 N–H and O–H groups in total. The van der Waals surface area contributed by atoms with Crippen LogP contribution in [0.3, 0.4) is 0 Å². The van der Waals surface area contributed by atoms with E-state index in [1.165, 1.54) is 6.07 Å². The average molecular weight is 347 g/mol. The van der Waals surface area contributed by atoms with Crippen LogP contribution >= 0.6 is 11.6 Å². The van der Waals surface area contributed by atoms with E-state index < -0.39 is 10.0 Å². The van der Waals surface area contributed by atoms with Gasteiger partial charge >= 0.3 is 0 Å². The highest BCUT2D eigenvalue weighted by Gasteiger charge is 2.37. The molecule has 0 unspecified atom stereocenters. The molecule has 2 fully saturated rings. The fraction of sp³-hybridized carbons (Fsp3) is 0.600. The summed E-state index contributed by atoms with van der Waals surface area (Å²) in [4.78, 5) is 2.12. The van der Waals surface area contributed by atoms with Crippen molar-refractivity contribution >= 4 is 21.6 Å². The average Bonchev–Trinajstić information content (AvgIpc) is 3.29. The molecule has 1 aliphatic heterocycles. The van der Waals surface area contributed by atoms with Crippen LogP contribution in [0.2, 0.25) is 5.02 Å². The van der Waals surface area contributed by atoms with Crippen LogP contribution in [0.1, 0.15) is 31.2 Å². The van der Waals surface area contributed by atoms with E-state index in [0.29, 0.717) is 17.1 Å². The van der Waals surface area contributed by atoms with Crippen molar-refractivity contribution in [3.63, 3.8) is 0 Å². The van der Waals surface area contributed by atoms with Crippen molar-refractivity contribution in [3.8, 4) is 0 Å². The summed E-state index contributed by atoms with van der Waals surface area (Å²) in [6, 6.07) is 4.70. The Balaban J connectivity index is 1.53. The second kappa shape index (κ2) is 6.43. The Bertz CT molecular complexity index is 621. The van der Waals surface area contributed by atoms with Crippen LogP contribution in [-0.4, -0.2) is 37.7 Å². The molecule has 1 aliphatic carbocycles. The molecule has 1 aromatic carbocycles. The van der Waals surface area contributed by atoms with Gasteiger partial charge in [-0.1, -0.05) is 17.7 Å². The summed E-state index contributed by atoms with van der Waals surface area (Å²) in [5.41, 5.74) is 0.515. The number of nitrogens with one attached hydrogen (secondary N) is 1. The monoisotopic (exact) mass is 346 g/mol. The summed E-state index contributed by atoms with van der Waals surface area (Å²) in [7, 11) is -3.13. The van der Waals surface area contributed by atoms with Gasteiger partial charge in [0.1, 0.15) is 5.82 Å². The fourth-order valence-electron chi connectivity index (χ4n) is 2.82. The Hall–Kier alpha value is -0.690. The molecular formula is C15H20ClFN2O2S. The Kier molecular flexibility index (Phi) is 4.73. The van der Waals surface area contributed by atoms with E-state index in [2.05, 4.69) is 9.62 Å². The maximum atomic E-state index is 13.8. The van der Waals surface area contributed by atoms with Gasteiger partial charge in [-0.05, 0) is 37.8 Å². The maximum Gasteiger partial charge on any atom is 0.214 e. The molecule has 0 bridgehead atoms. The normalized spacial score (nSPS) is 21.2. The highest BCUT2D eigenvalue weighted by molar-refractivity contribution is 7.90. The minimum atomic E-state index is -3.13. The molecule has 22 heavy (non-hydrogen) atoms. The molecule has 0 spiro atoms. The van der Waals surface area contributed by atoms with Crippen molar-refractivity contribution in [2.75, 3.05) is 13.1 Å². The first-order valence-corrected chi connectivity index (χ1v) is 9.54. The van der Waals surface area contributed by atoms with Crippen molar-refractivity contribution in [2.45, 2.75) is 43.5 Å². The van der Waals surface area contributed by atoms with E-state index in [9.17, 15) is 12.8 Å². The third-order valence-electron chi connectivity index (χ3n) is 4.33. The second-order valence-electron chi connectivity index (χ2n) is 6.11. The molecule has 1 saturated heterocycles. The molecular weight excluding hydrogens is 327 g/mol. The summed E-state index contributed by atoms with van der Waals surface area (Å²) in [5.74, 6) is -0.288. The first kappa shape index (κ1) is 16.2. The van der Waals surface area contributed by atoms with E-state index in [1.54, 1.807) is 12.1 Å². The predicted molar refractivity (Wildman–Crippen MR) is 84.8 cm³/mol. The van der Waals surface area contributed by atoms with Crippen molar-refractivity contribution in [2.24, 2.45) is 0 Å². The summed E-state index contributed by atoms with van der Waals surface area (Å²) >= 11 is 6.05. The zero-order valence-electron chi connectivity index (χ0n) is 12.3. The molecule has 0 amide bonds. The zero-order valence-corrected chi connectivity index (χ0v) is 13.8. The highest BCUT2D eigenvalue weighted by atomic mass is 35.5. The standard InChI is InChI=1S/C15H20ClFN2O2S/c16-14-2-1-3-15(17)13(14)10-19-8-6-11(7-9-19)18-22(20,21)12-4-5-12/h1-3,11-12,18H,4-10H2. The van der Waals surface area contributed by atoms with Gasteiger partial charge in [0.05, 0.1) is 5.25 Å². The molecule has 2 aliphatic rings. The van der Waals surface area contributed by atoms with Crippen LogP contribution in [-0.2, 0) is 16.6 Å². The zero-order chi connectivity index (χ0) is 15.7. The topological polar surface area (TPSA) is 49.4 Å². The Morgan fingerprint density at radius 3 is 2.50 bits per heavy atom. The quantitative estimate of drug-likeness (QED) is 0.891. The second-order valence-corrected chi connectivity index (χ2v) is 8.51.